The summed E-state index contributed by atoms with van der Waals surface area (Å²) < 4.78 is 24.6. The van der Waals surface area contributed by atoms with Crippen LogP contribution in [0.5, 0.6) is 0 Å². The molecule has 1 fully saturated rings. The van der Waals surface area contributed by atoms with E-state index in [9.17, 15) is 8.42 Å². The first-order valence-electron chi connectivity index (χ1n) is 9.17. The lowest BCUT2D eigenvalue weighted by molar-refractivity contribution is 0.232. The lowest BCUT2D eigenvalue weighted by atomic mass is 10.1. The number of piperidine rings is 1. The van der Waals surface area contributed by atoms with Gasteiger partial charge in [-0.15, -0.1) is 24.0 Å². The van der Waals surface area contributed by atoms with E-state index in [1.807, 2.05) is 13.8 Å². The molecule has 1 heterocycles. The zero-order chi connectivity index (χ0) is 17.8. The average Bonchev–Trinajstić information content (AvgIpc) is 2.54. The second kappa shape index (κ2) is 14.0. The summed E-state index contributed by atoms with van der Waals surface area (Å²) in [5.41, 5.74) is 0. The lowest BCUT2D eigenvalue weighted by Gasteiger charge is -2.26. The van der Waals surface area contributed by atoms with Gasteiger partial charge >= 0.3 is 0 Å². The van der Waals surface area contributed by atoms with Crippen molar-refractivity contribution in [3.63, 3.8) is 0 Å². The number of hydrogen-bond donors (Lipinski definition) is 2. The number of rotatable bonds is 10. The predicted octanol–water partition coefficient (Wildman–Crippen LogP) is 1.32. The molecule has 0 aromatic heterocycles. The molecule has 1 aliphatic heterocycles. The van der Waals surface area contributed by atoms with Crippen LogP contribution in [0.25, 0.3) is 0 Å². The molecule has 1 rings (SSSR count). The first-order chi connectivity index (χ1) is 11.5. The normalized spacial score (nSPS) is 16.6. The summed E-state index contributed by atoms with van der Waals surface area (Å²) in [7, 11) is -3.10. The van der Waals surface area contributed by atoms with Gasteiger partial charge in [-0.3, -0.25) is 4.99 Å². The fourth-order valence-electron chi connectivity index (χ4n) is 2.85. The molecule has 0 unspecified atom stereocenters. The van der Waals surface area contributed by atoms with Gasteiger partial charge in [-0.25, -0.2) is 12.7 Å². The molecule has 0 aromatic carbocycles. The minimum absolute atomic E-state index is 0. The largest absolute Gasteiger partial charge is 0.357 e. The molecule has 2 N–H and O–H groups in total. The number of guanidine groups is 1. The molecule has 1 aliphatic rings. The van der Waals surface area contributed by atoms with Crippen molar-refractivity contribution in [1.29, 1.82) is 0 Å². The first-order valence-corrected chi connectivity index (χ1v) is 11.0. The van der Waals surface area contributed by atoms with Crippen molar-refractivity contribution in [2.24, 2.45) is 4.99 Å². The van der Waals surface area contributed by atoms with E-state index in [0.717, 1.165) is 32.0 Å². The van der Waals surface area contributed by atoms with Gasteiger partial charge < -0.3 is 15.5 Å². The average molecular weight is 489 g/mol. The Kier molecular flexibility index (Phi) is 13.9. The third-order valence-corrected chi connectivity index (χ3v) is 5.55. The molecule has 1 saturated heterocycles. The Morgan fingerprint density at radius 3 is 2.40 bits per heavy atom. The highest BCUT2D eigenvalue weighted by Gasteiger charge is 2.13. The number of nitrogens with one attached hydrogen (secondary N) is 2. The Balaban J connectivity index is 0.00000576. The molecule has 0 atom stereocenters. The summed E-state index contributed by atoms with van der Waals surface area (Å²) >= 11 is 0. The molecule has 150 valence electrons. The van der Waals surface area contributed by atoms with Crippen molar-refractivity contribution in [3.8, 4) is 0 Å². The number of hydrogen-bond acceptors (Lipinski definition) is 4. The predicted molar refractivity (Wildman–Crippen MR) is 116 cm³/mol. The highest BCUT2D eigenvalue weighted by atomic mass is 127. The van der Waals surface area contributed by atoms with Gasteiger partial charge in [0.25, 0.3) is 0 Å². The number of likely N-dealkylation sites (tertiary alicyclic amines) is 1. The van der Waals surface area contributed by atoms with Gasteiger partial charge in [0.2, 0.25) is 10.0 Å². The van der Waals surface area contributed by atoms with Crippen molar-refractivity contribution in [2.45, 2.75) is 39.5 Å². The SMILES string of the molecule is CCNC(=NCCCN(CC)S(C)(=O)=O)NCCN1CCCCC1.I. The van der Waals surface area contributed by atoms with E-state index in [4.69, 9.17) is 0 Å². The van der Waals surface area contributed by atoms with Crippen molar-refractivity contribution >= 4 is 40.0 Å². The van der Waals surface area contributed by atoms with Gasteiger partial charge in [-0.1, -0.05) is 13.3 Å². The first kappa shape index (κ1) is 24.9. The molecule has 7 nitrogen and oxygen atoms in total. The van der Waals surface area contributed by atoms with E-state index >= 15 is 0 Å². The van der Waals surface area contributed by atoms with E-state index in [-0.39, 0.29) is 24.0 Å². The molecule has 0 aromatic rings. The summed E-state index contributed by atoms with van der Waals surface area (Å²) in [6.07, 6.45) is 5.96. The second-order valence-corrected chi connectivity index (χ2v) is 8.18. The van der Waals surface area contributed by atoms with Gasteiger partial charge in [0.1, 0.15) is 0 Å². The van der Waals surface area contributed by atoms with Gasteiger partial charge in [-0.05, 0) is 39.3 Å². The Morgan fingerprint density at radius 2 is 1.84 bits per heavy atom. The smallest absolute Gasteiger partial charge is 0.211 e. The standard InChI is InChI=1S/C16H35N5O2S.HI/c1-4-17-16(19-11-15-20-12-7-6-8-13-20)18-10-9-14-21(5-2)24(3,22)23;/h4-15H2,1-3H3,(H2,17,18,19);1H. The van der Waals surface area contributed by atoms with Crippen LogP contribution < -0.4 is 10.6 Å². The Labute approximate surface area is 171 Å². The molecular weight excluding hydrogens is 453 g/mol. The summed E-state index contributed by atoms with van der Waals surface area (Å²) in [4.78, 5) is 7.03. The molecule has 0 saturated carbocycles. The van der Waals surface area contributed by atoms with Gasteiger partial charge in [-0.2, -0.15) is 0 Å². The molecule has 0 bridgehead atoms. The van der Waals surface area contributed by atoms with Crippen LogP contribution in [0, 0.1) is 0 Å². The maximum atomic E-state index is 11.5. The highest BCUT2D eigenvalue weighted by molar-refractivity contribution is 14.0. The van der Waals surface area contributed by atoms with Gasteiger partial charge in [0.15, 0.2) is 5.96 Å². The van der Waals surface area contributed by atoms with Crippen molar-refractivity contribution in [3.05, 3.63) is 0 Å². The number of nitrogens with zero attached hydrogens (tertiary/aromatic N) is 3. The zero-order valence-corrected chi connectivity index (χ0v) is 19.1. The van der Waals surface area contributed by atoms with E-state index < -0.39 is 10.0 Å². The Hall–Kier alpha value is -0.130. The van der Waals surface area contributed by atoms with Gasteiger partial charge in [0.05, 0.1) is 6.26 Å². The molecule has 0 spiro atoms. The molecule has 25 heavy (non-hydrogen) atoms. The summed E-state index contributed by atoms with van der Waals surface area (Å²) in [5, 5.41) is 6.61. The van der Waals surface area contributed by atoms with Crippen LogP contribution in [-0.4, -0.2) is 82.2 Å². The fraction of sp³-hybridized carbons (Fsp3) is 0.938. The van der Waals surface area contributed by atoms with Crippen molar-refractivity contribution in [2.75, 3.05) is 58.6 Å². The molecule has 0 amide bonds. The molecular formula is C16H36IN5O2S. The summed E-state index contributed by atoms with van der Waals surface area (Å²) in [6, 6.07) is 0. The molecule has 0 radical (unpaired) electrons. The number of halogens is 1. The maximum Gasteiger partial charge on any atom is 0.211 e. The monoisotopic (exact) mass is 489 g/mol. The van der Waals surface area contributed by atoms with E-state index in [1.165, 1.54) is 42.9 Å². The van der Waals surface area contributed by atoms with Crippen molar-refractivity contribution < 1.29 is 8.42 Å². The zero-order valence-electron chi connectivity index (χ0n) is 16.0. The van der Waals surface area contributed by atoms with Gasteiger partial charge in [0, 0.05) is 39.3 Å². The quantitative estimate of drug-likeness (QED) is 0.210. The molecule has 0 aliphatic carbocycles. The van der Waals surface area contributed by atoms with E-state index in [2.05, 4.69) is 20.5 Å². The lowest BCUT2D eigenvalue weighted by Crippen LogP contribution is -2.42. The minimum atomic E-state index is -3.10. The third kappa shape index (κ3) is 11.2. The van der Waals surface area contributed by atoms with Crippen molar-refractivity contribution in [1.82, 2.24) is 19.8 Å². The number of sulfonamides is 1. The van der Waals surface area contributed by atoms with Crippen LogP contribution in [0.3, 0.4) is 0 Å². The summed E-state index contributed by atoms with van der Waals surface area (Å²) in [5.74, 6) is 0.817. The maximum absolute atomic E-state index is 11.5. The Morgan fingerprint density at radius 1 is 1.16 bits per heavy atom. The van der Waals surface area contributed by atoms with E-state index in [0.29, 0.717) is 19.6 Å². The van der Waals surface area contributed by atoms with Crippen LogP contribution in [0.15, 0.2) is 4.99 Å². The fourth-order valence-corrected chi connectivity index (χ4v) is 3.78. The third-order valence-electron chi connectivity index (χ3n) is 4.17. The second-order valence-electron chi connectivity index (χ2n) is 6.20. The van der Waals surface area contributed by atoms with E-state index in [1.54, 1.807) is 0 Å². The minimum Gasteiger partial charge on any atom is -0.357 e. The molecule has 9 heteroatoms. The van der Waals surface area contributed by atoms with Crippen LogP contribution >= 0.6 is 24.0 Å². The van der Waals surface area contributed by atoms with Crippen LogP contribution in [0.2, 0.25) is 0 Å². The highest BCUT2D eigenvalue weighted by Crippen LogP contribution is 2.07. The van der Waals surface area contributed by atoms with Crippen LogP contribution in [0.4, 0.5) is 0 Å². The summed E-state index contributed by atoms with van der Waals surface area (Å²) in [6.45, 7) is 10.7. The Bertz CT molecular complexity index is 467. The number of aliphatic imine (C=N–C) groups is 1. The van der Waals surface area contributed by atoms with Crippen LogP contribution in [-0.2, 0) is 10.0 Å². The van der Waals surface area contributed by atoms with Crippen LogP contribution in [0.1, 0.15) is 39.5 Å². The topological polar surface area (TPSA) is 77.0 Å².